The fourth-order valence-corrected chi connectivity index (χ4v) is 3.15. The van der Waals surface area contributed by atoms with Crippen molar-refractivity contribution in [3.63, 3.8) is 0 Å². The number of aromatic nitrogens is 2. The predicted octanol–water partition coefficient (Wildman–Crippen LogP) is 2.04. The van der Waals surface area contributed by atoms with Crippen molar-refractivity contribution in [2.45, 2.75) is 17.7 Å². The summed E-state index contributed by atoms with van der Waals surface area (Å²) < 4.78 is 25.6. The van der Waals surface area contributed by atoms with Crippen molar-refractivity contribution in [3.8, 4) is 0 Å². The van der Waals surface area contributed by atoms with E-state index in [1.807, 2.05) is 24.3 Å². The molecule has 0 spiro atoms. The molecule has 25 heavy (non-hydrogen) atoms. The number of amides is 1. The third-order valence-electron chi connectivity index (χ3n) is 3.79. The number of anilines is 1. The van der Waals surface area contributed by atoms with Gasteiger partial charge >= 0.3 is 0 Å². The Labute approximate surface area is 145 Å². The highest BCUT2D eigenvalue weighted by Gasteiger charge is 2.11. The normalized spacial score (nSPS) is 11.6. The van der Waals surface area contributed by atoms with Crippen LogP contribution in [0.2, 0.25) is 0 Å². The maximum Gasteiger partial charge on any atom is 0.240 e. The van der Waals surface area contributed by atoms with E-state index >= 15 is 0 Å². The number of sulfonamides is 1. The number of fused-ring (bicyclic) bond motifs is 1. The summed E-state index contributed by atoms with van der Waals surface area (Å²) in [6, 6.07) is 14.0. The molecule has 1 heterocycles. The molecular weight excluding hydrogens is 340 g/mol. The number of aryl methyl sites for hydroxylation is 1. The van der Waals surface area contributed by atoms with E-state index in [9.17, 15) is 13.2 Å². The first-order valence-corrected chi connectivity index (χ1v) is 9.23. The quantitative estimate of drug-likeness (QED) is 0.627. The van der Waals surface area contributed by atoms with Crippen molar-refractivity contribution in [1.82, 2.24) is 14.7 Å². The lowest BCUT2D eigenvalue weighted by atomic mass is 10.1. The van der Waals surface area contributed by atoms with Gasteiger partial charge in [0.25, 0.3) is 0 Å². The van der Waals surface area contributed by atoms with Crippen LogP contribution in [0.15, 0.2) is 53.4 Å². The molecule has 3 N–H and O–H groups in total. The van der Waals surface area contributed by atoms with Gasteiger partial charge in [-0.3, -0.25) is 10.1 Å². The van der Waals surface area contributed by atoms with Crippen LogP contribution in [0.1, 0.15) is 12.0 Å². The predicted molar refractivity (Wildman–Crippen MR) is 95.7 cm³/mol. The second-order valence-corrected chi connectivity index (χ2v) is 7.39. The molecule has 3 aromatic rings. The number of nitrogens with one attached hydrogen (secondary N) is 3. The number of carbonyl (C=O) groups is 1. The van der Waals surface area contributed by atoms with Crippen molar-refractivity contribution in [2.75, 3.05) is 12.4 Å². The number of aromatic amines is 1. The zero-order valence-corrected chi connectivity index (χ0v) is 14.4. The van der Waals surface area contributed by atoms with Crippen LogP contribution in [0, 0.1) is 0 Å². The third-order valence-corrected chi connectivity index (χ3v) is 5.22. The number of nitrogens with zero attached hydrogens (tertiary/aromatic N) is 1. The summed E-state index contributed by atoms with van der Waals surface area (Å²) in [5, 5.41) is 2.73. The summed E-state index contributed by atoms with van der Waals surface area (Å²) in [4.78, 5) is 19.6. The van der Waals surface area contributed by atoms with Crippen LogP contribution in [0.3, 0.4) is 0 Å². The Bertz CT molecular complexity index is 961. The van der Waals surface area contributed by atoms with Gasteiger partial charge in [-0.1, -0.05) is 24.3 Å². The Kier molecular flexibility index (Phi) is 4.82. The smallest absolute Gasteiger partial charge is 0.240 e. The van der Waals surface area contributed by atoms with Gasteiger partial charge in [0.2, 0.25) is 21.9 Å². The highest BCUT2D eigenvalue weighted by molar-refractivity contribution is 7.89. The first kappa shape index (κ1) is 17.1. The Morgan fingerprint density at radius 2 is 1.84 bits per heavy atom. The molecule has 0 fully saturated rings. The molecule has 0 aliphatic heterocycles. The van der Waals surface area contributed by atoms with Crippen LogP contribution in [0.25, 0.3) is 11.0 Å². The average molecular weight is 358 g/mol. The fraction of sp³-hybridized carbons (Fsp3) is 0.176. The molecule has 0 radical (unpaired) electrons. The molecule has 0 saturated carbocycles. The number of imidazole rings is 1. The minimum Gasteiger partial charge on any atom is -0.324 e. The first-order valence-electron chi connectivity index (χ1n) is 7.75. The molecule has 1 aromatic heterocycles. The second-order valence-electron chi connectivity index (χ2n) is 5.50. The Morgan fingerprint density at radius 1 is 1.12 bits per heavy atom. The molecule has 2 aromatic carbocycles. The molecule has 7 nitrogen and oxygen atoms in total. The van der Waals surface area contributed by atoms with E-state index < -0.39 is 10.0 Å². The zero-order chi connectivity index (χ0) is 17.9. The fourth-order valence-electron chi connectivity index (χ4n) is 2.42. The number of hydrogen-bond acceptors (Lipinski definition) is 4. The number of H-pyrrole nitrogens is 1. The average Bonchev–Trinajstić information content (AvgIpc) is 3.02. The van der Waals surface area contributed by atoms with Crippen molar-refractivity contribution < 1.29 is 13.2 Å². The van der Waals surface area contributed by atoms with Crippen LogP contribution < -0.4 is 10.0 Å². The van der Waals surface area contributed by atoms with Gasteiger partial charge in [-0.25, -0.2) is 18.1 Å². The highest BCUT2D eigenvalue weighted by atomic mass is 32.2. The van der Waals surface area contributed by atoms with Crippen molar-refractivity contribution in [2.24, 2.45) is 0 Å². The van der Waals surface area contributed by atoms with Gasteiger partial charge in [-0.05, 0) is 43.3 Å². The first-order chi connectivity index (χ1) is 12.0. The molecule has 0 bridgehead atoms. The van der Waals surface area contributed by atoms with Gasteiger partial charge < -0.3 is 4.98 Å². The maximum absolute atomic E-state index is 12.1. The molecule has 0 atom stereocenters. The number of rotatable bonds is 6. The van der Waals surface area contributed by atoms with E-state index in [0.717, 1.165) is 16.6 Å². The molecule has 0 aliphatic rings. The molecule has 0 unspecified atom stereocenters. The highest BCUT2D eigenvalue weighted by Crippen LogP contribution is 2.14. The monoisotopic (exact) mass is 358 g/mol. The number of benzene rings is 2. The molecule has 0 saturated heterocycles. The summed E-state index contributed by atoms with van der Waals surface area (Å²) in [6.45, 7) is 0. The minimum atomic E-state index is -3.44. The molecule has 8 heteroatoms. The number of para-hydroxylation sites is 2. The standard InChI is InChI=1S/C17H18N4O3S/c1-18-25(23,24)13-9-6-12(7-10-13)8-11-16(22)21-17-19-14-4-2-3-5-15(14)20-17/h2-7,9-10,18H,8,11H2,1H3,(H2,19,20,21,22). The lowest BCUT2D eigenvalue weighted by Gasteiger charge is -2.05. The third kappa shape index (κ3) is 4.04. The van der Waals surface area contributed by atoms with E-state index in [1.165, 1.54) is 19.2 Å². The van der Waals surface area contributed by atoms with E-state index in [4.69, 9.17) is 0 Å². The lowest BCUT2D eigenvalue weighted by molar-refractivity contribution is -0.116. The molecule has 130 valence electrons. The summed E-state index contributed by atoms with van der Waals surface area (Å²) in [7, 11) is -2.07. The molecule has 1 amide bonds. The maximum atomic E-state index is 12.1. The Balaban J connectivity index is 1.58. The summed E-state index contributed by atoms with van der Waals surface area (Å²) in [6.07, 6.45) is 0.779. The summed E-state index contributed by atoms with van der Waals surface area (Å²) >= 11 is 0. The molecule has 0 aliphatic carbocycles. The number of carbonyl (C=O) groups excluding carboxylic acids is 1. The summed E-state index contributed by atoms with van der Waals surface area (Å²) in [5.41, 5.74) is 2.54. The SMILES string of the molecule is CNS(=O)(=O)c1ccc(CCC(=O)Nc2nc3ccccc3[nH]2)cc1. The van der Waals surface area contributed by atoms with Gasteiger partial charge in [-0.2, -0.15) is 0 Å². The van der Waals surface area contributed by atoms with Gasteiger partial charge in [0.15, 0.2) is 0 Å². The van der Waals surface area contributed by atoms with Crippen molar-refractivity contribution in [3.05, 3.63) is 54.1 Å². The zero-order valence-electron chi connectivity index (χ0n) is 13.6. The van der Waals surface area contributed by atoms with E-state index in [1.54, 1.807) is 12.1 Å². The van der Waals surface area contributed by atoms with Crippen LogP contribution in [0.5, 0.6) is 0 Å². The largest absolute Gasteiger partial charge is 0.324 e. The van der Waals surface area contributed by atoms with Gasteiger partial charge in [0, 0.05) is 6.42 Å². The lowest BCUT2D eigenvalue weighted by Crippen LogP contribution is -2.18. The van der Waals surface area contributed by atoms with E-state index in [0.29, 0.717) is 12.4 Å². The second kappa shape index (κ2) is 7.04. The number of hydrogen-bond donors (Lipinski definition) is 3. The van der Waals surface area contributed by atoms with Crippen LogP contribution >= 0.6 is 0 Å². The summed E-state index contributed by atoms with van der Waals surface area (Å²) in [5.74, 6) is 0.257. The van der Waals surface area contributed by atoms with Crippen molar-refractivity contribution in [1.29, 1.82) is 0 Å². The van der Waals surface area contributed by atoms with Crippen LogP contribution in [0.4, 0.5) is 5.95 Å². The van der Waals surface area contributed by atoms with E-state index in [-0.39, 0.29) is 17.2 Å². The van der Waals surface area contributed by atoms with Crippen LogP contribution in [-0.4, -0.2) is 31.3 Å². The van der Waals surface area contributed by atoms with Gasteiger partial charge in [-0.15, -0.1) is 0 Å². The van der Waals surface area contributed by atoms with Gasteiger partial charge in [0.1, 0.15) is 0 Å². The Hall–Kier alpha value is -2.71. The molecular formula is C17H18N4O3S. The van der Waals surface area contributed by atoms with Crippen molar-refractivity contribution >= 4 is 32.9 Å². The van der Waals surface area contributed by atoms with Gasteiger partial charge in [0.05, 0.1) is 15.9 Å². The van der Waals surface area contributed by atoms with Crippen LogP contribution in [-0.2, 0) is 21.2 Å². The minimum absolute atomic E-state index is 0.161. The molecule has 3 rings (SSSR count). The van der Waals surface area contributed by atoms with E-state index in [2.05, 4.69) is 20.0 Å². The topological polar surface area (TPSA) is 104 Å². The Morgan fingerprint density at radius 3 is 2.52 bits per heavy atom.